The maximum Gasteiger partial charge on any atom is 0.410 e. The number of fused-ring (bicyclic) bond motifs is 2. The zero-order chi connectivity index (χ0) is 35.5. The lowest BCUT2D eigenvalue weighted by Gasteiger charge is -2.37. The van der Waals surface area contributed by atoms with E-state index in [1.54, 1.807) is 71.7 Å². The van der Waals surface area contributed by atoms with Gasteiger partial charge in [0.15, 0.2) is 5.82 Å². The molecule has 3 amide bonds. The van der Waals surface area contributed by atoms with Crippen molar-refractivity contribution in [2.45, 2.75) is 79.0 Å². The summed E-state index contributed by atoms with van der Waals surface area (Å²) in [6.07, 6.45) is 1.13. The molecule has 0 bridgehead atoms. The molecule has 0 unspecified atom stereocenters. The molecule has 5 rings (SSSR count). The van der Waals surface area contributed by atoms with Crippen LogP contribution >= 0.6 is 0 Å². The number of nitrogens with zero attached hydrogens (tertiary/aromatic N) is 6. The molecule has 0 aliphatic carbocycles. The largest absolute Gasteiger partial charge is 0.467 e. The molecule has 0 saturated heterocycles. The molecule has 3 heterocycles. The van der Waals surface area contributed by atoms with Gasteiger partial charge in [0, 0.05) is 25.6 Å². The fourth-order valence-corrected chi connectivity index (χ4v) is 6.12. The van der Waals surface area contributed by atoms with Crippen molar-refractivity contribution in [3.63, 3.8) is 0 Å². The normalized spacial score (nSPS) is 14.9. The van der Waals surface area contributed by atoms with Gasteiger partial charge in [0.1, 0.15) is 22.8 Å². The van der Waals surface area contributed by atoms with E-state index in [0.717, 1.165) is 4.90 Å². The van der Waals surface area contributed by atoms with Gasteiger partial charge in [-0.1, -0.05) is 0 Å². The number of aryl methyl sites for hydroxylation is 3. The minimum Gasteiger partial charge on any atom is -0.467 e. The van der Waals surface area contributed by atoms with E-state index >= 15 is 4.39 Å². The number of esters is 1. The van der Waals surface area contributed by atoms with E-state index in [0.29, 0.717) is 46.6 Å². The number of urea groups is 1. The van der Waals surface area contributed by atoms with Crippen LogP contribution in [0.15, 0.2) is 30.5 Å². The van der Waals surface area contributed by atoms with Crippen molar-refractivity contribution in [2.75, 3.05) is 23.9 Å². The van der Waals surface area contributed by atoms with Crippen molar-refractivity contribution in [1.82, 2.24) is 24.5 Å². The van der Waals surface area contributed by atoms with Gasteiger partial charge in [-0.15, -0.1) is 0 Å². The maximum atomic E-state index is 16.2. The van der Waals surface area contributed by atoms with Crippen molar-refractivity contribution in [1.29, 1.82) is 0 Å². The Morgan fingerprint density at radius 2 is 1.69 bits per heavy atom. The third-order valence-corrected chi connectivity index (χ3v) is 8.53. The highest BCUT2D eigenvalue weighted by Gasteiger charge is 2.43. The third-order valence-electron chi connectivity index (χ3n) is 8.53. The molecular weight excluding hydrogens is 624 g/mol. The third kappa shape index (κ3) is 5.95. The van der Waals surface area contributed by atoms with Gasteiger partial charge >= 0.3 is 18.1 Å². The number of carbonyl (C=O) groups excluding carboxylic acids is 3. The van der Waals surface area contributed by atoms with Crippen molar-refractivity contribution in [3.8, 4) is 5.69 Å². The molecule has 12 nitrogen and oxygen atoms in total. The fraction of sp³-hybridized carbons (Fsp3) is 0.441. The Morgan fingerprint density at radius 3 is 2.29 bits per heavy atom. The van der Waals surface area contributed by atoms with Gasteiger partial charge in [-0.2, -0.15) is 10.2 Å². The summed E-state index contributed by atoms with van der Waals surface area (Å²) in [5.41, 5.74) is 0.113. The predicted octanol–water partition coefficient (Wildman–Crippen LogP) is 6.50. The minimum absolute atomic E-state index is 0.148. The second kappa shape index (κ2) is 12.2. The summed E-state index contributed by atoms with van der Waals surface area (Å²) in [5, 5.41) is 12.0. The van der Waals surface area contributed by atoms with Gasteiger partial charge in [-0.25, -0.2) is 27.8 Å². The number of hydrogen-bond donors (Lipinski definition) is 1. The highest BCUT2D eigenvalue weighted by atomic mass is 19.1. The van der Waals surface area contributed by atoms with Crippen LogP contribution in [0.25, 0.3) is 16.6 Å². The molecule has 1 aliphatic heterocycles. The molecule has 0 fully saturated rings. The Morgan fingerprint density at radius 1 is 1.04 bits per heavy atom. The summed E-state index contributed by atoms with van der Waals surface area (Å²) in [6, 6.07) is 4.69. The lowest BCUT2D eigenvalue weighted by atomic mass is 9.99. The fourth-order valence-electron chi connectivity index (χ4n) is 6.12. The number of hydrogen-bond acceptors (Lipinski definition) is 7. The lowest BCUT2D eigenvalue weighted by molar-refractivity contribution is -0.145. The monoisotopic (exact) mass is 665 g/mol. The van der Waals surface area contributed by atoms with Crippen molar-refractivity contribution < 1.29 is 32.6 Å². The Hall–Kier alpha value is -5.01. The molecule has 48 heavy (non-hydrogen) atoms. The highest BCUT2D eigenvalue weighted by Crippen LogP contribution is 2.39. The summed E-state index contributed by atoms with van der Waals surface area (Å²) in [4.78, 5) is 43.5. The zero-order valence-electron chi connectivity index (χ0n) is 28.9. The van der Waals surface area contributed by atoms with Crippen LogP contribution in [0.1, 0.15) is 70.0 Å². The van der Waals surface area contributed by atoms with E-state index < -0.39 is 41.1 Å². The van der Waals surface area contributed by atoms with Gasteiger partial charge < -0.3 is 14.4 Å². The first-order valence-corrected chi connectivity index (χ1v) is 15.6. The van der Waals surface area contributed by atoms with Gasteiger partial charge in [0.05, 0.1) is 47.3 Å². The first-order chi connectivity index (χ1) is 22.4. The Labute approximate surface area is 277 Å². The van der Waals surface area contributed by atoms with Gasteiger partial charge in [0.2, 0.25) is 0 Å². The number of rotatable bonds is 5. The number of benzene rings is 2. The Balaban J connectivity index is 1.69. The van der Waals surface area contributed by atoms with E-state index in [-0.39, 0.29) is 22.7 Å². The molecule has 14 heteroatoms. The molecule has 4 aromatic rings. The number of amides is 3. The standard InChI is InChI=1S/C34H41F2N7O5/c1-18-15-21(16-19(2)27(18)35)43-29(26-20(3)41(14-13-23(26)39-43)32(46)48-33(4,5)6)38-31(45)42(34(7,8)30(44)47-10)25-12-11-24-22(28(25)36)17-37-40(24)9/h11-12,15-17,20H,13-14H2,1-10H3,(H,38,45)/t20-/m0/s1. The molecule has 1 atom stereocenters. The van der Waals surface area contributed by atoms with Crippen molar-refractivity contribution in [2.24, 2.45) is 7.05 Å². The van der Waals surface area contributed by atoms with Crippen molar-refractivity contribution in [3.05, 3.63) is 64.5 Å². The van der Waals surface area contributed by atoms with Gasteiger partial charge in [-0.05, 0) is 90.8 Å². The Kier molecular flexibility index (Phi) is 8.74. The first-order valence-electron chi connectivity index (χ1n) is 15.6. The lowest BCUT2D eigenvalue weighted by Crippen LogP contribution is -2.56. The predicted molar refractivity (Wildman–Crippen MR) is 176 cm³/mol. The van der Waals surface area contributed by atoms with E-state index in [1.165, 1.54) is 42.6 Å². The summed E-state index contributed by atoms with van der Waals surface area (Å²) < 4.78 is 44.6. The molecule has 1 aliphatic rings. The van der Waals surface area contributed by atoms with Crippen LogP contribution in [-0.4, -0.2) is 67.3 Å². The Bertz CT molecular complexity index is 1920. The van der Waals surface area contributed by atoms with Crippen LogP contribution in [0.4, 0.5) is 29.9 Å². The SMILES string of the molecule is COC(=O)C(C)(C)N(C(=O)Nc1c2c(nn1-c1cc(C)c(F)c(C)c1)CCN(C(=O)OC(C)(C)C)[C@H]2C)c1ccc2c(cnn2C)c1F. The summed E-state index contributed by atoms with van der Waals surface area (Å²) in [7, 11) is 2.84. The molecule has 256 valence electrons. The topological polar surface area (TPSA) is 124 Å². The molecule has 1 N–H and O–H groups in total. The average Bonchev–Trinajstić information content (AvgIpc) is 3.56. The van der Waals surface area contributed by atoms with Crippen LogP contribution in [0.2, 0.25) is 0 Å². The van der Waals surface area contributed by atoms with Crippen LogP contribution in [0.3, 0.4) is 0 Å². The van der Waals surface area contributed by atoms with Crippen LogP contribution in [0.5, 0.6) is 0 Å². The maximum absolute atomic E-state index is 16.2. The van der Waals surface area contributed by atoms with Crippen LogP contribution in [-0.2, 0) is 27.7 Å². The summed E-state index contributed by atoms with van der Waals surface area (Å²) >= 11 is 0. The minimum atomic E-state index is -1.71. The number of ether oxygens (including phenoxy) is 2. The van der Waals surface area contributed by atoms with Gasteiger partial charge in [-0.3, -0.25) is 14.9 Å². The second-order valence-corrected chi connectivity index (χ2v) is 13.5. The van der Waals surface area contributed by atoms with Crippen LogP contribution in [0, 0.1) is 25.5 Å². The average molecular weight is 666 g/mol. The van der Waals surface area contributed by atoms with Crippen LogP contribution < -0.4 is 10.2 Å². The first kappa shape index (κ1) is 34.3. The number of halogens is 2. The van der Waals surface area contributed by atoms with E-state index in [9.17, 15) is 18.8 Å². The van der Waals surface area contributed by atoms with Gasteiger partial charge in [0.25, 0.3) is 0 Å². The number of nitrogens with one attached hydrogen (secondary N) is 1. The second-order valence-electron chi connectivity index (χ2n) is 13.5. The molecule has 2 aromatic carbocycles. The summed E-state index contributed by atoms with van der Waals surface area (Å²) in [6.45, 7) is 13.5. The zero-order valence-corrected chi connectivity index (χ0v) is 28.9. The van der Waals surface area contributed by atoms with E-state index in [4.69, 9.17) is 14.6 Å². The molecule has 0 saturated carbocycles. The number of carbonyl (C=O) groups is 3. The number of anilines is 2. The van der Waals surface area contributed by atoms with E-state index in [2.05, 4.69) is 10.4 Å². The number of aromatic nitrogens is 4. The smallest absolute Gasteiger partial charge is 0.410 e. The van der Waals surface area contributed by atoms with Crippen molar-refractivity contribution >= 4 is 40.5 Å². The highest BCUT2D eigenvalue weighted by molar-refractivity contribution is 6.08. The number of methoxy groups -OCH3 is 1. The quantitative estimate of drug-likeness (QED) is 0.242. The summed E-state index contributed by atoms with van der Waals surface area (Å²) in [5.74, 6) is -1.78. The van der Waals surface area contributed by atoms with E-state index in [1.807, 2.05) is 0 Å². The molecule has 2 aromatic heterocycles. The molecular formula is C34H41F2N7O5. The molecule has 0 radical (unpaired) electrons. The molecule has 0 spiro atoms.